The molecule has 2 aromatic carbocycles. The molecule has 1 aliphatic heterocycles. The van der Waals surface area contributed by atoms with Crippen molar-refractivity contribution in [3.8, 4) is 0 Å². The van der Waals surface area contributed by atoms with E-state index in [4.69, 9.17) is 9.57 Å². The van der Waals surface area contributed by atoms with E-state index in [-0.39, 0.29) is 23.6 Å². The maximum atomic E-state index is 12.8. The lowest BCUT2D eigenvalue weighted by molar-refractivity contribution is -0.181. The number of hydrogen-bond donors (Lipinski definition) is 0. The van der Waals surface area contributed by atoms with Gasteiger partial charge in [-0.3, -0.25) is 9.59 Å². The predicted octanol–water partition coefficient (Wildman–Crippen LogP) is 2.49. The first-order valence-corrected chi connectivity index (χ1v) is 7.53. The SMILES string of the molecule is CC(OCc1ccc(F)cc1)C(=O)ON1C(=O)c2ccccc2C1=O. The van der Waals surface area contributed by atoms with Crippen molar-refractivity contribution in [1.82, 2.24) is 5.06 Å². The zero-order chi connectivity index (χ0) is 18.0. The van der Waals surface area contributed by atoms with Gasteiger partial charge in [-0.2, -0.15) is 0 Å². The number of benzene rings is 2. The Morgan fingerprint density at radius 3 is 2.16 bits per heavy atom. The van der Waals surface area contributed by atoms with Gasteiger partial charge in [0, 0.05) is 0 Å². The van der Waals surface area contributed by atoms with Crippen LogP contribution >= 0.6 is 0 Å². The molecule has 0 saturated carbocycles. The first kappa shape index (κ1) is 16.8. The Kier molecular flexibility index (Phi) is 4.58. The Labute approximate surface area is 142 Å². The van der Waals surface area contributed by atoms with Crippen molar-refractivity contribution in [2.75, 3.05) is 0 Å². The van der Waals surface area contributed by atoms with Crippen LogP contribution in [0.4, 0.5) is 4.39 Å². The standard InChI is InChI=1S/C18H14FNO5/c1-11(24-10-12-6-8-13(19)9-7-12)18(23)25-20-16(21)14-4-2-3-5-15(14)17(20)22/h2-9,11H,10H2,1H3. The molecule has 0 spiro atoms. The van der Waals surface area contributed by atoms with Crippen molar-refractivity contribution in [3.05, 3.63) is 71.0 Å². The number of imide groups is 1. The summed E-state index contributed by atoms with van der Waals surface area (Å²) in [6, 6.07) is 11.8. The van der Waals surface area contributed by atoms with Crippen LogP contribution in [-0.2, 0) is 21.0 Å². The van der Waals surface area contributed by atoms with Crippen LogP contribution in [0.3, 0.4) is 0 Å². The highest BCUT2D eigenvalue weighted by molar-refractivity contribution is 6.20. The first-order chi connectivity index (χ1) is 12.0. The monoisotopic (exact) mass is 343 g/mol. The molecule has 0 aromatic heterocycles. The number of carbonyl (C=O) groups is 3. The van der Waals surface area contributed by atoms with Crippen LogP contribution in [0.15, 0.2) is 48.5 Å². The van der Waals surface area contributed by atoms with E-state index in [1.54, 1.807) is 12.1 Å². The summed E-state index contributed by atoms with van der Waals surface area (Å²) in [4.78, 5) is 41.2. The fourth-order valence-electron chi connectivity index (χ4n) is 2.28. The number of hydrogen-bond acceptors (Lipinski definition) is 5. The van der Waals surface area contributed by atoms with Gasteiger partial charge in [0.1, 0.15) is 5.82 Å². The molecule has 2 amide bonds. The highest BCUT2D eigenvalue weighted by Gasteiger charge is 2.39. The average molecular weight is 343 g/mol. The van der Waals surface area contributed by atoms with Crippen molar-refractivity contribution in [3.63, 3.8) is 0 Å². The second kappa shape index (κ2) is 6.82. The van der Waals surface area contributed by atoms with Gasteiger partial charge in [-0.1, -0.05) is 29.3 Å². The van der Waals surface area contributed by atoms with Gasteiger partial charge >= 0.3 is 5.97 Å². The summed E-state index contributed by atoms with van der Waals surface area (Å²) in [6.07, 6.45) is -1.02. The molecule has 0 fully saturated rings. The van der Waals surface area contributed by atoms with Gasteiger partial charge in [0.15, 0.2) is 6.10 Å². The molecular weight excluding hydrogens is 329 g/mol. The third-order valence-electron chi connectivity index (χ3n) is 3.68. The largest absolute Gasteiger partial charge is 0.362 e. The van der Waals surface area contributed by atoms with Crippen LogP contribution in [0.2, 0.25) is 0 Å². The van der Waals surface area contributed by atoms with Crippen LogP contribution in [0.1, 0.15) is 33.2 Å². The van der Waals surface area contributed by atoms with Crippen molar-refractivity contribution < 1.29 is 28.3 Å². The topological polar surface area (TPSA) is 72.9 Å². The second-order valence-corrected chi connectivity index (χ2v) is 5.44. The molecule has 128 valence electrons. The molecule has 7 heteroatoms. The lowest BCUT2D eigenvalue weighted by Crippen LogP contribution is -2.36. The summed E-state index contributed by atoms with van der Waals surface area (Å²) in [5, 5.41) is 0.435. The van der Waals surface area contributed by atoms with Crippen molar-refractivity contribution in [2.24, 2.45) is 0 Å². The minimum Gasteiger partial charge on any atom is -0.362 e. The Bertz CT molecular complexity index is 799. The summed E-state index contributed by atoms with van der Waals surface area (Å²) in [6.45, 7) is 1.49. The molecule has 0 saturated heterocycles. The molecular formula is C18H14FNO5. The number of nitrogens with zero attached hydrogens (tertiary/aromatic N) is 1. The number of hydroxylamine groups is 2. The number of ether oxygens (including phenoxy) is 1. The van der Waals surface area contributed by atoms with Gasteiger partial charge in [0.25, 0.3) is 11.8 Å². The maximum Gasteiger partial charge on any atom is 0.361 e. The molecule has 6 nitrogen and oxygen atoms in total. The van der Waals surface area contributed by atoms with E-state index in [0.29, 0.717) is 10.6 Å². The fourth-order valence-corrected chi connectivity index (χ4v) is 2.28. The Balaban J connectivity index is 1.59. The normalized spacial score (nSPS) is 14.4. The maximum absolute atomic E-state index is 12.8. The van der Waals surface area contributed by atoms with Gasteiger partial charge in [-0.15, -0.1) is 0 Å². The Morgan fingerprint density at radius 2 is 1.60 bits per heavy atom. The summed E-state index contributed by atoms with van der Waals surface area (Å²) in [7, 11) is 0. The average Bonchev–Trinajstić information content (AvgIpc) is 2.86. The number of fused-ring (bicyclic) bond motifs is 1. The quantitative estimate of drug-likeness (QED) is 0.780. The van der Waals surface area contributed by atoms with E-state index >= 15 is 0 Å². The van der Waals surface area contributed by atoms with E-state index in [1.807, 2.05) is 0 Å². The van der Waals surface area contributed by atoms with E-state index in [1.165, 1.54) is 43.3 Å². The third kappa shape index (κ3) is 3.41. The van der Waals surface area contributed by atoms with Crippen molar-refractivity contribution in [1.29, 1.82) is 0 Å². The number of rotatable bonds is 5. The van der Waals surface area contributed by atoms with Crippen LogP contribution in [0, 0.1) is 5.82 Å². The Morgan fingerprint density at radius 1 is 1.04 bits per heavy atom. The molecule has 1 aliphatic rings. The lowest BCUT2D eigenvalue weighted by atomic mass is 10.1. The molecule has 2 aromatic rings. The van der Waals surface area contributed by atoms with Gasteiger partial charge < -0.3 is 9.57 Å². The first-order valence-electron chi connectivity index (χ1n) is 7.53. The number of carbonyl (C=O) groups excluding carboxylic acids is 3. The third-order valence-corrected chi connectivity index (χ3v) is 3.68. The van der Waals surface area contributed by atoms with Crippen LogP contribution in [-0.4, -0.2) is 29.0 Å². The van der Waals surface area contributed by atoms with E-state index in [2.05, 4.69) is 0 Å². The minimum absolute atomic E-state index is 0.0542. The van der Waals surface area contributed by atoms with Crippen molar-refractivity contribution >= 4 is 17.8 Å². The molecule has 0 N–H and O–H groups in total. The molecule has 0 aliphatic carbocycles. The smallest absolute Gasteiger partial charge is 0.361 e. The molecule has 0 radical (unpaired) electrons. The van der Waals surface area contributed by atoms with Crippen LogP contribution in [0.25, 0.3) is 0 Å². The summed E-state index contributed by atoms with van der Waals surface area (Å²) in [5.74, 6) is -2.64. The molecule has 3 rings (SSSR count). The van der Waals surface area contributed by atoms with Crippen molar-refractivity contribution in [2.45, 2.75) is 19.6 Å². The van der Waals surface area contributed by atoms with Gasteiger partial charge in [0.2, 0.25) is 0 Å². The fraction of sp³-hybridized carbons (Fsp3) is 0.167. The van der Waals surface area contributed by atoms with Gasteiger partial charge in [0.05, 0.1) is 17.7 Å². The van der Waals surface area contributed by atoms with Gasteiger partial charge in [-0.25, -0.2) is 9.18 Å². The predicted molar refractivity (Wildman–Crippen MR) is 83.7 cm³/mol. The summed E-state index contributed by atoms with van der Waals surface area (Å²) in [5.41, 5.74) is 1.03. The molecule has 1 atom stereocenters. The highest BCUT2D eigenvalue weighted by atomic mass is 19.1. The minimum atomic E-state index is -1.02. The summed E-state index contributed by atoms with van der Waals surface area (Å²) >= 11 is 0. The Hall–Kier alpha value is -3.06. The molecule has 1 unspecified atom stereocenters. The number of amides is 2. The number of halogens is 1. The van der Waals surface area contributed by atoms with E-state index in [9.17, 15) is 18.8 Å². The molecule has 0 bridgehead atoms. The second-order valence-electron chi connectivity index (χ2n) is 5.44. The molecule has 1 heterocycles. The molecule has 25 heavy (non-hydrogen) atoms. The van der Waals surface area contributed by atoms with E-state index in [0.717, 1.165) is 0 Å². The zero-order valence-corrected chi connectivity index (χ0v) is 13.3. The zero-order valence-electron chi connectivity index (χ0n) is 13.3. The van der Waals surface area contributed by atoms with E-state index < -0.39 is 23.9 Å². The van der Waals surface area contributed by atoms with Crippen LogP contribution in [0.5, 0.6) is 0 Å². The highest BCUT2D eigenvalue weighted by Crippen LogP contribution is 2.23. The summed E-state index contributed by atoms with van der Waals surface area (Å²) < 4.78 is 18.2. The van der Waals surface area contributed by atoms with Crippen LogP contribution < -0.4 is 0 Å². The lowest BCUT2D eigenvalue weighted by Gasteiger charge is -2.16. The van der Waals surface area contributed by atoms with Gasteiger partial charge in [-0.05, 0) is 36.8 Å².